The molecule has 4 aliphatic rings. The van der Waals surface area contributed by atoms with Crippen molar-refractivity contribution in [2.75, 3.05) is 13.1 Å². The van der Waals surface area contributed by atoms with Gasteiger partial charge in [0.25, 0.3) is 0 Å². The zero-order chi connectivity index (χ0) is 19.9. The van der Waals surface area contributed by atoms with Gasteiger partial charge in [-0.15, -0.1) is 0 Å². The lowest BCUT2D eigenvalue weighted by Gasteiger charge is -2.29. The van der Waals surface area contributed by atoms with Crippen molar-refractivity contribution in [3.8, 4) is 0 Å². The SMILES string of the molecule is O=C(CN1C(=O)C2C3C=CC(C3)C2C1=O)N1CCc2[nH]c3ccc(F)cc3c2C1. The van der Waals surface area contributed by atoms with Gasteiger partial charge < -0.3 is 9.88 Å². The second-order valence-corrected chi connectivity index (χ2v) is 8.60. The highest BCUT2D eigenvalue weighted by Crippen LogP contribution is 2.52. The lowest BCUT2D eigenvalue weighted by molar-refractivity contribution is -0.147. The average Bonchev–Trinajstić information content (AvgIpc) is 3.46. The highest BCUT2D eigenvalue weighted by atomic mass is 19.1. The largest absolute Gasteiger partial charge is 0.358 e. The van der Waals surface area contributed by atoms with Crippen LogP contribution in [0.1, 0.15) is 17.7 Å². The molecular weight excluding hydrogens is 373 g/mol. The van der Waals surface area contributed by atoms with Gasteiger partial charge in [-0.25, -0.2) is 4.39 Å². The van der Waals surface area contributed by atoms with Crippen LogP contribution in [0.2, 0.25) is 0 Å². The lowest BCUT2D eigenvalue weighted by atomic mass is 9.85. The number of fused-ring (bicyclic) bond motifs is 8. The molecule has 0 spiro atoms. The zero-order valence-corrected chi connectivity index (χ0v) is 15.7. The monoisotopic (exact) mass is 393 g/mol. The van der Waals surface area contributed by atoms with E-state index in [1.165, 1.54) is 17.0 Å². The van der Waals surface area contributed by atoms with Crippen molar-refractivity contribution in [1.29, 1.82) is 0 Å². The fourth-order valence-corrected chi connectivity index (χ4v) is 5.75. The number of aromatic nitrogens is 1. The first-order valence-corrected chi connectivity index (χ1v) is 10.1. The van der Waals surface area contributed by atoms with Crippen molar-refractivity contribution < 1.29 is 18.8 Å². The van der Waals surface area contributed by atoms with Crippen molar-refractivity contribution in [1.82, 2.24) is 14.8 Å². The fraction of sp³-hybridized carbons (Fsp3) is 0.409. The summed E-state index contributed by atoms with van der Waals surface area (Å²) < 4.78 is 13.7. The minimum atomic E-state index is -0.314. The molecule has 2 bridgehead atoms. The number of imide groups is 1. The first-order chi connectivity index (χ1) is 14.0. The number of benzene rings is 1. The average molecular weight is 393 g/mol. The van der Waals surface area contributed by atoms with Gasteiger partial charge in [-0.2, -0.15) is 0 Å². The summed E-state index contributed by atoms with van der Waals surface area (Å²) in [6.07, 6.45) is 5.61. The molecule has 2 fully saturated rings. The Morgan fingerprint density at radius 1 is 1.14 bits per heavy atom. The third-order valence-electron chi connectivity index (χ3n) is 7.14. The van der Waals surface area contributed by atoms with E-state index < -0.39 is 0 Å². The second kappa shape index (κ2) is 5.78. The van der Waals surface area contributed by atoms with Gasteiger partial charge in [0.15, 0.2) is 0 Å². The molecule has 0 radical (unpaired) electrons. The number of hydrogen-bond donors (Lipinski definition) is 1. The number of hydrogen-bond acceptors (Lipinski definition) is 3. The Bertz CT molecular complexity index is 1090. The Morgan fingerprint density at radius 2 is 1.86 bits per heavy atom. The molecule has 29 heavy (non-hydrogen) atoms. The lowest BCUT2D eigenvalue weighted by Crippen LogP contribution is -2.45. The van der Waals surface area contributed by atoms with Crippen molar-refractivity contribution in [3.05, 3.63) is 47.4 Å². The number of likely N-dealkylation sites (tertiary alicyclic amines) is 1. The number of allylic oxidation sites excluding steroid dienone is 2. The van der Waals surface area contributed by atoms with E-state index in [-0.39, 0.29) is 53.8 Å². The summed E-state index contributed by atoms with van der Waals surface area (Å²) in [5.74, 6) is -1.23. The molecule has 3 amide bonds. The molecule has 4 atom stereocenters. The number of rotatable bonds is 2. The Hall–Kier alpha value is -2.96. The summed E-state index contributed by atoms with van der Waals surface area (Å²) in [4.78, 5) is 44.8. The number of amides is 3. The van der Waals surface area contributed by atoms with Crippen molar-refractivity contribution >= 4 is 28.6 Å². The predicted octanol–water partition coefficient (Wildman–Crippen LogP) is 2.00. The smallest absolute Gasteiger partial charge is 0.243 e. The van der Waals surface area contributed by atoms with Crippen LogP contribution in [0.15, 0.2) is 30.4 Å². The molecule has 1 N–H and O–H groups in total. The minimum Gasteiger partial charge on any atom is -0.358 e. The molecule has 148 valence electrons. The van der Waals surface area contributed by atoms with Crippen LogP contribution in [0.4, 0.5) is 4.39 Å². The van der Waals surface area contributed by atoms with E-state index in [1.807, 2.05) is 12.2 Å². The molecule has 2 aliphatic carbocycles. The third-order valence-corrected chi connectivity index (χ3v) is 7.14. The van der Waals surface area contributed by atoms with Crippen LogP contribution >= 0.6 is 0 Å². The molecule has 6 nitrogen and oxygen atoms in total. The molecule has 6 rings (SSSR count). The molecule has 1 saturated carbocycles. The summed E-state index contributed by atoms with van der Waals surface area (Å²) in [6.45, 7) is 0.667. The molecule has 1 aromatic heterocycles. The number of carbonyl (C=O) groups is 3. The summed E-state index contributed by atoms with van der Waals surface area (Å²) in [7, 11) is 0. The first-order valence-electron chi connectivity index (χ1n) is 10.1. The molecule has 3 heterocycles. The third kappa shape index (κ3) is 2.30. The molecule has 1 saturated heterocycles. The quantitative estimate of drug-likeness (QED) is 0.627. The van der Waals surface area contributed by atoms with Crippen LogP contribution in [0.25, 0.3) is 10.9 Å². The van der Waals surface area contributed by atoms with Crippen LogP contribution in [-0.2, 0) is 27.3 Å². The highest BCUT2D eigenvalue weighted by molar-refractivity contribution is 6.08. The number of carbonyl (C=O) groups excluding carboxylic acids is 3. The van der Waals surface area contributed by atoms with Crippen LogP contribution in [0.5, 0.6) is 0 Å². The summed E-state index contributed by atoms with van der Waals surface area (Å²) >= 11 is 0. The Labute approximate surface area is 166 Å². The van der Waals surface area contributed by atoms with Crippen LogP contribution in [-0.4, -0.2) is 45.6 Å². The second-order valence-electron chi connectivity index (χ2n) is 8.60. The number of halogens is 1. The molecular formula is C22H20FN3O3. The highest BCUT2D eigenvalue weighted by Gasteiger charge is 2.59. The van der Waals surface area contributed by atoms with E-state index in [0.29, 0.717) is 19.5 Å². The Kier molecular flexibility index (Phi) is 3.38. The summed E-state index contributed by atoms with van der Waals surface area (Å²) in [5, 5.41) is 0.781. The number of H-pyrrole nitrogens is 1. The summed E-state index contributed by atoms with van der Waals surface area (Å²) in [5.41, 5.74) is 2.78. The zero-order valence-electron chi connectivity index (χ0n) is 15.7. The van der Waals surface area contributed by atoms with Gasteiger partial charge in [0.2, 0.25) is 17.7 Å². The maximum Gasteiger partial charge on any atom is 0.243 e. The van der Waals surface area contributed by atoms with Crippen molar-refractivity contribution in [2.24, 2.45) is 23.7 Å². The van der Waals surface area contributed by atoms with E-state index in [9.17, 15) is 18.8 Å². The van der Waals surface area contributed by atoms with Gasteiger partial charge in [0, 0.05) is 41.7 Å². The number of nitrogens with zero attached hydrogens (tertiary/aromatic N) is 2. The van der Waals surface area contributed by atoms with Gasteiger partial charge in [0.1, 0.15) is 12.4 Å². The Morgan fingerprint density at radius 3 is 2.59 bits per heavy atom. The van der Waals surface area contributed by atoms with Crippen LogP contribution < -0.4 is 0 Å². The Balaban J connectivity index is 1.22. The molecule has 7 heteroatoms. The number of aromatic amines is 1. The van der Waals surface area contributed by atoms with Crippen LogP contribution in [0, 0.1) is 29.5 Å². The van der Waals surface area contributed by atoms with Gasteiger partial charge in [0.05, 0.1) is 11.8 Å². The fourth-order valence-electron chi connectivity index (χ4n) is 5.75. The van der Waals surface area contributed by atoms with Gasteiger partial charge >= 0.3 is 0 Å². The molecule has 2 aliphatic heterocycles. The first kappa shape index (κ1) is 16.9. The van der Waals surface area contributed by atoms with Gasteiger partial charge in [-0.1, -0.05) is 12.2 Å². The van der Waals surface area contributed by atoms with Gasteiger partial charge in [-0.3, -0.25) is 19.3 Å². The standard InChI is InChI=1S/C22H20FN3O3/c23-13-3-4-16-14(8-13)15-9-25(6-5-17(15)24-16)18(27)10-26-21(28)19-11-1-2-12(7-11)20(19)22(26)29/h1-4,8,11-12,19-20,24H,5-7,9-10H2. The topological polar surface area (TPSA) is 73.5 Å². The van der Waals surface area contributed by atoms with E-state index in [1.54, 1.807) is 11.0 Å². The van der Waals surface area contributed by atoms with E-state index >= 15 is 0 Å². The van der Waals surface area contributed by atoms with E-state index in [4.69, 9.17) is 0 Å². The summed E-state index contributed by atoms with van der Waals surface area (Å²) in [6, 6.07) is 4.60. The number of nitrogens with one attached hydrogen (secondary N) is 1. The van der Waals surface area contributed by atoms with E-state index in [2.05, 4.69) is 4.98 Å². The van der Waals surface area contributed by atoms with E-state index in [0.717, 1.165) is 28.6 Å². The molecule has 1 aromatic carbocycles. The molecule has 2 aromatic rings. The van der Waals surface area contributed by atoms with Gasteiger partial charge in [-0.05, 0) is 36.5 Å². The van der Waals surface area contributed by atoms with Crippen LogP contribution in [0.3, 0.4) is 0 Å². The van der Waals surface area contributed by atoms with Crippen molar-refractivity contribution in [3.63, 3.8) is 0 Å². The normalized spacial score (nSPS) is 29.8. The maximum atomic E-state index is 13.7. The minimum absolute atomic E-state index is 0.139. The molecule has 4 unspecified atom stereocenters. The van der Waals surface area contributed by atoms with Crippen molar-refractivity contribution in [2.45, 2.75) is 19.4 Å². The maximum absolute atomic E-state index is 13.7. The predicted molar refractivity (Wildman–Crippen MR) is 102 cm³/mol.